The van der Waals surface area contributed by atoms with E-state index >= 15 is 0 Å². The van der Waals surface area contributed by atoms with E-state index in [1.54, 1.807) is 0 Å². The van der Waals surface area contributed by atoms with Crippen molar-refractivity contribution in [1.82, 2.24) is 4.90 Å². The SMILES string of the molecule is CCS(=O)C1CCCN(C)C1. The minimum absolute atomic E-state index is 0.443. The van der Waals surface area contributed by atoms with Gasteiger partial charge in [0.05, 0.1) is 0 Å². The molecule has 0 radical (unpaired) electrons. The van der Waals surface area contributed by atoms with E-state index in [1.807, 2.05) is 6.92 Å². The summed E-state index contributed by atoms with van der Waals surface area (Å²) in [4.78, 5) is 2.28. The normalized spacial score (nSPS) is 30.2. The van der Waals surface area contributed by atoms with E-state index in [9.17, 15) is 4.21 Å². The predicted octanol–water partition coefficient (Wildman–Crippen LogP) is 0.849. The minimum atomic E-state index is -0.576. The molecule has 1 fully saturated rings. The van der Waals surface area contributed by atoms with Gasteiger partial charge < -0.3 is 4.90 Å². The van der Waals surface area contributed by atoms with Crippen LogP contribution in [0.25, 0.3) is 0 Å². The summed E-state index contributed by atoms with van der Waals surface area (Å²) >= 11 is 0. The van der Waals surface area contributed by atoms with Crippen molar-refractivity contribution in [1.29, 1.82) is 0 Å². The Balaban J connectivity index is 2.39. The topological polar surface area (TPSA) is 20.3 Å². The van der Waals surface area contributed by atoms with Crippen LogP contribution in [0.2, 0.25) is 0 Å². The van der Waals surface area contributed by atoms with E-state index < -0.39 is 10.8 Å². The van der Waals surface area contributed by atoms with E-state index in [4.69, 9.17) is 0 Å². The molecule has 2 unspecified atom stereocenters. The van der Waals surface area contributed by atoms with Crippen molar-refractivity contribution in [3.05, 3.63) is 0 Å². The third-order valence-electron chi connectivity index (χ3n) is 2.24. The molecule has 1 saturated heterocycles. The Labute approximate surface area is 71.4 Å². The molecule has 0 aliphatic carbocycles. The summed E-state index contributed by atoms with van der Waals surface area (Å²) in [6.07, 6.45) is 2.37. The lowest BCUT2D eigenvalue weighted by molar-refractivity contribution is 0.281. The van der Waals surface area contributed by atoms with Crippen LogP contribution >= 0.6 is 0 Å². The average Bonchev–Trinajstić information content (AvgIpc) is 2.03. The van der Waals surface area contributed by atoms with Crippen LogP contribution < -0.4 is 0 Å². The molecule has 0 bridgehead atoms. The zero-order valence-corrected chi connectivity index (χ0v) is 8.19. The van der Waals surface area contributed by atoms with Crippen molar-refractivity contribution < 1.29 is 4.21 Å². The van der Waals surface area contributed by atoms with Crippen LogP contribution in [-0.4, -0.2) is 40.2 Å². The number of nitrogens with zero attached hydrogens (tertiary/aromatic N) is 1. The zero-order chi connectivity index (χ0) is 8.27. The highest BCUT2D eigenvalue weighted by Crippen LogP contribution is 2.13. The Morgan fingerprint density at radius 2 is 2.36 bits per heavy atom. The first-order valence-electron chi connectivity index (χ1n) is 4.29. The molecule has 0 aromatic carbocycles. The summed E-state index contributed by atoms with van der Waals surface area (Å²) in [6, 6.07) is 0. The lowest BCUT2D eigenvalue weighted by Crippen LogP contribution is -2.38. The van der Waals surface area contributed by atoms with Crippen LogP contribution in [0, 0.1) is 0 Å². The molecule has 11 heavy (non-hydrogen) atoms. The minimum Gasteiger partial charge on any atom is -0.305 e. The van der Waals surface area contributed by atoms with Crippen LogP contribution in [0.1, 0.15) is 19.8 Å². The Morgan fingerprint density at radius 1 is 1.64 bits per heavy atom. The van der Waals surface area contributed by atoms with Crippen molar-refractivity contribution in [2.24, 2.45) is 0 Å². The fraction of sp³-hybridized carbons (Fsp3) is 1.00. The molecule has 3 heteroatoms. The van der Waals surface area contributed by atoms with Gasteiger partial charge in [-0.2, -0.15) is 0 Å². The maximum absolute atomic E-state index is 11.4. The quantitative estimate of drug-likeness (QED) is 0.620. The highest BCUT2D eigenvalue weighted by atomic mass is 32.2. The van der Waals surface area contributed by atoms with Gasteiger partial charge in [-0.25, -0.2) is 0 Å². The Hall–Kier alpha value is 0.110. The monoisotopic (exact) mass is 175 g/mol. The third-order valence-corrected chi connectivity index (χ3v) is 3.93. The summed E-state index contributed by atoms with van der Waals surface area (Å²) in [6.45, 7) is 4.21. The first-order chi connectivity index (χ1) is 5.24. The summed E-state index contributed by atoms with van der Waals surface area (Å²) in [5.41, 5.74) is 0. The predicted molar refractivity (Wildman–Crippen MR) is 49.2 cm³/mol. The van der Waals surface area contributed by atoms with Gasteiger partial charge in [0, 0.05) is 28.3 Å². The molecule has 2 nitrogen and oxygen atoms in total. The van der Waals surface area contributed by atoms with E-state index in [2.05, 4.69) is 11.9 Å². The van der Waals surface area contributed by atoms with Crippen molar-refractivity contribution in [3.63, 3.8) is 0 Å². The molecule has 1 rings (SSSR count). The van der Waals surface area contributed by atoms with Crippen molar-refractivity contribution in [3.8, 4) is 0 Å². The van der Waals surface area contributed by atoms with Gasteiger partial charge >= 0.3 is 0 Å². The van der Waals surface area contributed by atoms with Crippen LogP contribution in [0.3, 0.4) is 0 Å². The number of hydrogen-bond donors (Lipinski definition) is 0. The smallest absolute Gasteiger partial charge is 0.0475 e. The number of likely N-dealkylation sites (tertiary alicyclic amines) is 1. The second-order valence-electron chi connectivity index (χ2n) is 3.20. The zero-order valence-electron chi connectivity index (χ0n) is 7.38. The van der Waals surface area contributed by atoms with Crippen molar-refractivity contribution >= 4 is 10.8 Å². The van der Waals surface area contributed by atoms with Crippen LogP contribution in [0.5, 0.6) is 0 Å². The fourth-order valence-electron chi connectivity index (χ4n) is 1.57. The molecule has 1 heterocycles. The van der Waals surface area contributed by atoms with E-state index in [-0.39, 0.29) is 0 Å². The van der Waals surface area contributed by atoms with Gasteiger partial charge in [-0.3, -0.25) is 4.21 Å². The second kappa shape index (κ2) is 4.21. The average molecular weight is 175 g/mol. The van der Waals surface area contributed by atoms with E-state index in [0.717, 1.165) is 18.7 Å². The highest BCUT2D eigenvalue weighted by Gasteiger charge is 2.20. The maximum Gasteiger partial charge on any atom is 0.0475 e. The molecular weight excluding hydrogens is 158 g/mol. The third kappa shape index (κ3) is 2.56. The van der Waals surface area contributed by atoms with E-state index in [1.165, 1.54) is 13.0 Å². The molecule has 1 aliphatic heterocycles. The second-order valence-corrected chi connectivity index (χ2v) is 5.20. The van der Waals surface area contributed by atoms with Crippen molar-refractivity contribution in [2.75, 3.05) is 25.9 Å². The van der Waals surface area contributed by atoms with Crippen LogP contribution in [0.15, 0.2) is 0 Å². The standard InChI is InChI=1S/C8H17NOS/c1-3-11(10)8-5-4-6-9(2)7-8/h8H,3-7H2,1-2H3. The van der Waals surface area contributed by atoms with Gasteiger partial charge in [0.25, 0.3) is 0 Å². The van der Waals surface area contributed by atoms with Gasteiger partial charge in [0.15, 0.2) is 0 Å². The van der Waals surface area contributed by atoms with Gasteiger partial charge in [-0.1, -0.05) is 6.92 Å². The molecule has 2 atom stereocenters. The first-order valence-corrected chi connectivity index (χ1v) is 5.68. The molecule has 66 valence electrons. The van der Waals surface area contributed by atoms with Crippen LogP contribution in [-0.2, 0) is 10.8 Å². The molecule has 0 spiro atoms. The molecule has 0 N–H and O–H groups in total. The van der Waals surface area contributed by atoms with Gasteiger partial charge in [0.1, 0.15) is 0 Å². The van der Waals surface area contributed by atoms with Gasteiger partial charge in [-0.05, 0) is 26.4 Å². The van der Waals surface area contributed by atoms with Crippen molar-refractivity contribution in [2.45, 2.75) is 25.0 Å². The number of hydrogen-bond acceptors (Lipinski definition) is 2. The maximum atomic E-state index is 11.4. The summed E-state index contributed by atoms with van der Waals surface area (Å²) in [5.74, 6) is 0.818. The Kier molecular flexibility index (Phi) is 3.52. The molecule has 0 saturated carbocycles. The van der Waals surface area contributed by atoms with E-state index in [0.29, 0.717) is 5.25 Å². The van der Waals surface area contributed by atoms with Gasteiger partial charge in [0.2, 0.25) is 0 Å². The summed E-state index contributed by atoms with van der Waals surface area (Å²) < 4.78 is 11.4. The molecule has 0 aromatic heterocycles. The lowest BCUT2D eigenvalue weighted by Gasteiger charge is -2.28. The molecular formula is C8H17NOS. The van der Waals surface area contributed by atoms with Crippen LogP contribution in [0.4, 0.5) is 0 Å². The molecule has 1 aliphatic rings. The summed E-state index contributed by atoms with van der Waals surface area (Å²) in [5, 5.41) is 0.443. The summed E-state index contributed by atoms with van der Waals surface area (Å²) in [7, 11) is 1.53. The molecule has 0 amide bonds. The first kappa shape index (κ1) is 9.20. The Morgan fingerprint density at radius 3 is 2.91 bits per heavy atom. The highest BCUT2D eigenvalue weighted by molar-refractivity contribution is 7.85. The number of piperidine rings is 1. The molecule has 0 aromatic rings. The van der Waals surface area contributed by atoms with Gasteiger partial charge in [-0.15, -0.1) is 0 Å². The Bertz CT molecular complexity index is 149. The fourth-order valence-corrected chi connectivity index (χ4v) is 2.89. The largest absolute Gasteiger partial charge is 0.305 e. The number of rotatable bonds is 2. The lowest BCUT2D eigenvalue weighted by atomic mass is 10.1.